The maximum absolute atomic E-state index is 11.4. The molecule has 0 spiro atoms. The Balaban J connectivity index is 2.24. The van der Waals surface area contributed by atoms with E-state index in [0.717, 1.165) is 4.90 Å². The van der Waals surface area contributed by atoms with Crippen LogP contribution >= 0.6 is 35.0 Å². The molecule has 0 saturated heterocycles. The van der Waals surface area contributed by atoms with Crippen LogP contribution in [0.4, 0.5) is 5.69 Å². The summed E-state index contributed by atoms with van der Waals surface area (Å²) in [6, 6.07) is 10.6. The van der Waals surface area contributed by atoms with Crippen molar-refractivity contribution in [3.63, 3.8) is 0 Å². The molecule has 6 heteroatoms. The van der Waals surface area contributed by atoms with E-state index in [-0.39, 0.29) is 5.84 Å². The fourth-order valence-electron chi connectivity index (χ4n) is 2.67. The lowest BCUT2D eigenvalue weighted by Crippen LogP contribution is -2.40. The molecule has 0 amide bonds. The first-order valence-corrected chi connectivity index (χ1v) is 8.79. The highest BCUT2D eigenvalue weighted by Gasteiger charge is 2.44. The third-order valence-electron chi connectivity index (χ3n) is 3.65. The standard InChI is InChI=1S/C17H16Cl2N2OS/c1-9(2)23-15-6-4-11(19)8-13(15)17(22)12-7-10(18)3-5-14(12)21-16(17)20/h3-9,22H,1-2H3,(H2,20,21). The molecule has 1 aliphatic rings. The Morgan fingerprint density at radius 2 is 1.70 bits per heavy atom. The van der Waals surface area contributed by atoms with E-state index in [1.54, 1.807) is 42.1 Å². The number of aliphatic hydroxyl groups is 1. The molecule has 23 heavy (non-hydrogen) atoms. The van der Waals surface area contributed by atoms with Crippen molar-refractivity contribution in [3.8, 4) is 0 Å². The monoisotopic (exact) mass is 366 g/mol. The number of benzene rings is 2. The summed E-state index contributed by atoms with van der Waals surface area (Å²) in [4.78, 5) is 5.22. The van der Waals surface area contributed by atoms with E-state index >= 15 is 0 Å². The van der Waals surface area contributed by atoms with Crippen LogP contribution in [-0.2, 0) is 5.60 Å². The highest BCUT2D eigenvalue weighted by atomic mass is 35.5. The molecule has 0 aliphatic carbocycles. The molecule has 120 valence electrons. The summed E-state index contributed by atoms with van der Waals surface area (Å²) in [6.45, 7) is 4.17. The van der Waals surface area contributed by atoms with Gasteiger partial charge >= 0.3 is 0 Å². The number of nitrogens with zero attached hydrogens (tertiary/aromatic N) is 1. The number of nitrogens with two attached hydrogens (primary N) is 1. The number of hydrogen-bond acceptors (Lipinski definition) is 4. The third kappa shape index (κ3) is 2.85. The fourth-order valence-corrected chi connectivity index (χ4v) is 4.00. The topological polar surface area (TPSA) is 58.6 Å². The predicted octanol–water partition coefficient (Wildman–Crippen LogP) is 4.73. The van der Waals surface area contributed by atoms with Crippen LogP contribution in [0.5, 0.6) is 0 Å². The maximum atomic E-state index is 11.4. The molecular weight excluding hydrogens is 351 g/mol. The van der Waals surface area contributed by atoms with Crippen LogP contribution in [0.1, 0.15) is 25.0 Å². The van der Waals surface area contributed by atoms with Crippen LogP contribution in [0.3, 0.4) is 0 Å². The number of aliphatic imine (C=N–C) groups is 1. The van der Waals surface area contributed by atoms with Gasteiger partial charge in [0, 0.05) is 31.3 Å². The number of halogens is 2. The van der Waals surface area contributed by atoms with Gasteiger partial charge in [-0.25, -0.2) is 4.99 Å². The molecule has 0 saturated carbocycles. The molecule has 3 N–H and O–H groups in total. The second-order valence-corrected chi connectivity index (χ2v) is 8.17. The van der Waals surface area contributed by atoms with Crippen LogP contribution in [-0.4, -0.2) is 16.2 Å². The molecule has 1 heterocycles. The van der Waals surface area contributed by atoms with Gasteiger partial charge in [-0.1, -0.05) is 37.0 Å². The minimum absolute atomic E-state index is 0.127. The van der Waals surface area contributed by atoms with Crippen molar-refractivity contribution in [2.75, 3.05) is 0 Å². The Morgan fingerprint density at radius 1 is 1.09 bits per heavy atom. The summed E-state index contributed by atoms with van der Waals surface area (Å²) in [7, 11) is 0. The summed E-state index contributed by atoms with van der Waals surface area (Å²) in [5, 5.41) is 12.8. The smallest absolute Gasteiger partial charge is 0.175 e. The number of fused-ring (bicyclic) bond motifs is 1. The van der Waals surface area contributed by atoms with Gasteiger partial charge < -0.3 is 10.8 Å². The van der Waals surface area contributed by atoms with Crippen LogP contribution in [0.15, 0.2) is 46.3 Å². The third-order valence-corrected chi connectivity index (χ3v) is 5.21. The van der Waals surface area contributed by atoms with Crippen LogP contribution in [0.25, 0.3) is 0 Å². The zero-order valence-electron chi connectivity index (χ0n) is 12.7. The quantitative estimate of drug-likeness (QED) is 0.771. The van der Waals surface area contributed by atoms with E-state index < -0.39 is 5.60 Å². The van der Waals surface area contributed by atoms with Gasteiger partial charge in [0.25, 0.3) is 0 Å². The van der Waals surface area contributed by atoms with Crippen molar-refractivity contribution in [2.24, 2.45) is 10.7 Å². The molecule has 0 radical (unpaired) electrons. The van der Waals surface area contributed by atoms with Crippen molar-refractivity contribution in [3.05, 3.63) is 57.6 Å². The van der Waals surface area contributed by atoms with Crippen molar-refractivity contribution in [2.45, 2.75) is 29.6 Å². The Kier molecular flexibility index (Phi) is 4.36. The minimum Gasteiger partial charge on any atom is -0.384 e. The summed E-state index contributed by atoms with van der Waals surface area (Å²) >= 11 is 13.9. The molecule has 0 fully saturated rings. The number of thioether (sulfide) groups is 1. The van der Waals surface area contributed by atoms with Gasteiger partial charge in [0.15, 0.2) is 5.60 Å². The molecule has 0 aromatic heterocycles. The molecule has 3 rings (SSSR count). The lowest BCUT2D eigenvalue weighted by molar-refractivity contribution is 0.155. The first-order valence-electron chi connectivity index (χ1n) is 7.16. The van der Waals surface area contributed by atoms with Gasteiger partial charge in [-0.15, -0.1) is 11.8 Å². The van der Waals surface area contributed by atoms with E-state index in [1.807, 2.05) is 6.07 Å². The fraction of sp³-hybridized carbons (Fsp3) is 0.235. The largest absolute Gasteiger partial charge is 0.384 e. The molecular formula is C17H16Cl2N2OS. The van der Waals surface area contributed by atoms with Crippen LogP contribution in [0.2, 0.25) is 10.0 Å². The summed E-state index contributed by atoms with van der Waals surface area (Å²) in [6.07, 6.45) is 0. The Morgan fingerprint density at radius 3 is 2.35 bits per heavy atom. The summed E-state index contributed by atoms with van der Waals surface area (Å²) < 4.78 is 0. The summed E-state index contributed by atoms with van der Waals surface area (Å²) in [5.41, 5.74) is 6.40. The summed E-state index contributed by atoms with van der Waals surface area (Å²) in [5.74, 6) is 0.127. The Hall–Kier alpha value is -1.20. The molecule has 0 bridgehead atoms. The van der Waals surface area contributed by atoms with E-state index in [1.165, 1.54) is 0 Å². The molecule has 1 unspecified atom stereocenters. The second kappa shape index (κ2) is 6.02. The zero-order valence-corrected chi connectivity index (χ0v) is 15.0. The van der Waals surface area contributed by atoms with Gasteiger partial charge in [-0.2, -0.15) is 0 Å². The lowest BCUT2D eigenvalue weighted by atomic mass is 9.86. The van der Waals surface area contributed by atoms with E-state index in [0.29, 0.717) is 32.1 Å². The Bertz CT molecular complexity index is 807. The molecule has 1 aliphatic heterocycles. The second-order valence-electron chi connectivity index (χ2n) is 5.68. The molecule has 2 aromatic rings. The highest BCUT2D eigenvalue weighted by molar-refractivity contribution is 8.00. The minimum atomic E-state index is -1.53. The van der Waals surface area contributed by atoms with Gasteiger partial charge in [-0.3, -0.25) is 0 Å². The van der Waals surface area contributed by atoms with Gasteiger partial charge in [0.1, 0.15) is 5.84 Å². The maximum Gasteiger partial charge on any atom is 0.175 e. The zero-order chi connectivity index (χ0) is 16.8. The molecule has 2 aromatic carbocycles. The molecule has 1 atom stereocenters. The van der Waals surface area contributed by atoms with Gasteiger partial charge in [-0.05, 0) is 36.4 Å². The van der Waals surface area contributed by atoms with Crippen molar-refractivity contribution in [1.29, 1.82) is 0 Å². The number of amidine groups is 1. The SMILES string of the molecule is CC(C)Sc1ccc(Cl)cc1C1(O)C(N)=Nc2ccc(Cl)cc21. The van der Waals surface area contributed by atoms with Gasteiger partial charge in [0.2, 0.25) is 0 Å². The molecule has 3 nitrogen and oxygen atoms in total. The Labute approximate surface area is 149 Å². The van der Waals surface area contributed by atoms with Crippen molar-refractivity contribution >= 4 is 46.5 Å². The number of hydrogen-bond donors (Lipinski definition) is 2. The van der Waals surface area contributed by atoms with Crippen molar-refractivity contribution < 1.29 is 5.11 Å². The first kappa shape index (κ1) is 16.7. The van der Waals surface area contributed by atoms with Crippen LogP contribution in [0, 0.1) is 0 Å². The average Bonchev–Trinajstić information content (AvgIpc) is 2.73. The average molecular weight is 367 g/mol. The predicted molar refractivity (Wildman–Crippen MR) is 98.2 cm³/mol. The van der Waals surface area contributed by atoms with E-state index in [4.69, 9.17) is 28.9 Å². The van der Waals surface area contributed by atoms with E-state index in [9.17, 15) is 5.11 Å². The first-order chi connectivity index (χ1) is 10.8. The highest BCUT2D eigenvalue weighted by Crippen LogP contribution is 2.46. The lowest BCUT2D eigenvalue weighted by Gasteiger charge is -2.27. The normalized spacial score (nSPS) is 19.8. The van der Waals surface area contributed by atoms with Gasteiger partial charge in [0.05, 0.1) is 5.69 Å². The van der Waals surface area contributed by atoms with Crippen LogP contribution < -0.4 is 5.73 Å². The van der Waals surface area contributed by atoms with E-state index in [2.05, 4.69) is 18.8 Å². The van der Waals surface area contributed by atoms with Crippen molar-refractivity contribution in [1.82, 2.24) is 0 Å². The number of rotatable bonds is 3.